The maximum absolute atomic E-state index is 5.57. The molecular weight excluding hydrogens is 168 g/mol. The van der Waals surface area contributed by atoms with Crippen molar-refractivity contribution in [1.82, 2.24) is 4.98 Å². The van der Waals surface area contributed by atoms with E-state index in [4.69, 9.17) is 15.2 Å². The highest BCUT2D eigenvalue weighted by Gasteiger charge is 1.98. The van der Waals surface area contributed by atoms with Crippen LogP contribution in [0.3, 0.4) is 0 Å². The van der Waals surface area contributed by atoms with E-state index in [-0.39, 0.29) is 0 Å². The molecule has 0 unspecified atom stereocenters. The molecule has 0 aliphatic heterocycles. The molecule has 72 valence electrons. The summed E-state index contributed by atoms with van der Waals surface area (Å²) in [6.45, 7) is 1.30. The van der Waals surface area contributed by atoms with Gasteiger partial charge in [0, 0.05) is 26.3 Å². The van der Waals surface area contributed by atoms with Crippen LogP contribution in [0.4, 0.5) is 5.82 Å². The maximum Gasteiger partial charge on any atom is 0.166 e. The molecule has 0 aliphatic rings. The normalized spacial score (nSPS) is 9.92. The van der Waals surface area contributed by atoms with E-state index >= 15 is 0 Å². The van der Waals surface area contributed by atoms with Gasteiger partial charge in [-0.25, -0.2) is 4.98 Å². The van der Waals surface area contributed by atoms with Crippen LogP contribution in [0.25, 0.3) is 0 Å². The molecule has 0 radical (unpaired) electrons. The molecule has 0 amide bonds. The fourth-order valence-electron chi connectivity index (χ4n) is 0.910. The first-order chi connectivity index (χ1) is 6.34. The molecule has 4 nitrogen and oxygen atoms in total. The summed E-state index contributed by atoms with van der Waals surface area (Å²) in [4.78, 5) is 3.90. The first-order valence-corrected chi connectivity index (χ1v) is 4.17. The lowest BCUT2D eigenvalue weighted by Gasteiger charge is -2.06. The predicted molar refractivity (Wildman–Crippen MR) is 50.6 cm³/mol. The van der Waals surface area contributed by atoms with E-state index in [2.05, 4.69) is 4.98 Å². The van der Waals surface area contributed by atoms with Crippen LogP contribution in [0, 0.1) is 0 Å². The summed E-state index contributed by atoms with van der Waals surface area (Å²) in [7, 11) is 1.67. The van der Waals surface area contributed by atoms with Gasteiger partial charge in [-0.15, -0.1) is 0 Å². The number of aromatic nitrogens is 1. The quantitative estimate of drug-likeness (QED) is 0.692. The summed E-state index contributed by atoms with van der Waals surface area (Å²) >= 11 is 0. The second-order valence-electron chi connectivity index (χ2n) is 2.58. The van der Waals surface area contributed by atoms with Gasteiger partial charge in [0.1, 0.15) is 0 Å². The van der Waals surface area contributed by atoms with Crippen molar-refractivity contribution in [3.8, 4) is 5.75 Å². The molecule has 1 rings (SSSR count). The molecular formula is C9H14N2O2. The Labute approximate surface area is 77.7 Å². The van der Waals surface area contributed by atoms with Crippen LogP contribution in [-0.2, 0) is 4.74 Å². The van der Waals surface area contributed by atoms with E-state index in [0.29, 0.717) is 24.8 Å². The third kappa shape index (κ3) is 3.29. The Hall–Kier alpha value is -1.29. The number of nitrogens with two attached hydrogens (primary N) is 1. The van der Waals surface area contributed by atoms with Crippen LogP contribution in [0.5, 0.6) is 5.75 Å². The van der Waals surface area contributed by atoms with Crippen molar-refractivity contribution in [2.75, 3.05) is 26.1 Å². The van der Waals surface area contributed by atoms with Gasteiger partial charge in [-0.1, -0.05) is 0 Å². The number of ether oxygens (including phenoxy) is 2. The molecule has 0 aliphatic carbocycles. The predicted octanol–water partition coefficient (Wildman–Crippen LogP) is 1.08. The van der Waals surface area contributed by atoms with Gasteiger partial charge >= 0.3 is 0 Å². The van der Waals surface area contributed by atoms with Crippen molar-refractivity contribution >= 4 is 5.82 Å². The first kappa shape index (κ1) is 9.80. The smallest absolute Gasteiger partial charge is 0.166 e. The average Bonchev–Trinajstić information content (AvgIpc) is 2.15. The topological polar surface area (TPSA) is 57.4 Å². The van der Waals surface area contributed by atoms with Gasteiger partial charge < -0.3 is 15.2 Å². The molecule has 0 aromatic carbocycles. The van der Waals surface area contributed by atoms with E-state index in [0.717, 1.165) is 6.42 Å². The van der Waals surface area contributed by atoms with Crippen LogP contribution >= 0.6 is 0 Å². The zero-order valence-corrected chi connectivity index (χ0v) is 7.69. The lowest BCUT2D eigenvalue weighted by atomic mass is 10.4. The molecule has 0 spiro atoms. The largest absolute Gasteiger partial charge is 0.490 e. The minimum atomic E-state index is 0.430. The number of nitrogens with zero attached hydrogens (tertiary/aromatic N) is 1. The van der Waals surface area contributed by atoms with Gasteiger partial charge in [-0.3, -0.25) is 0 Å². The molecule has 13 heavy (non-hydrogen) atoms. The molecule has 4 heteroatoms. The fourth-order valence-corrected chi connectivity index (χ4v) is 0.910. The minimum Gasteiger partial charge on any atom is -0.490 e. The zero-order valence-electron chi connectivity index (χ0n) is 7.69. The number of hydrogen-bond donors (Lipinski definition) is 1. The highest BCUT2D eigenvalue weighted by atomic mass is 16.5. The number of nitrogen functional groups attached to an aromatic ring is 1. The zero-order chi connectivity index (χ0) is 9.52. The van der Waals surface area contributed by atoms with Gasteiger partial charge in [0.2, 0.25) is 0 Å². The lowest BCUT2D eigenvalue weighted by Crippen LogP contribution is -2.03. The standard InChI is InChI=1S/C9H14N2O2/c1-12-6-3-7-13-8-4-2-5-11-9(8)10/h2,4-5H,3,6-7H2,1H3,(H2,10,11). The van der Waals surface area contributed by atoms with Crippen molar-refractivity contribution in [3.05, 3.63) is 18.3 Å². The Morgan fingerprint density at radius 3 is 3.00 bits per heavy atom. The third-order valence-corrected chi connectivity index (χ3v) is 1.55. The second-order valence-corrected chi connectivity index (χ2v) is 2.58. The van der Waals surface area contributed by atoms with Gasteiger partial charge in [-0.2, -0.15) is 0 Å². The Bertz CT molecular complexity index is 253. The van der Waals surface area contributed by atoms with Crippen molar-refractivity contribution in [2.45, 2.75) is 6.42 Å². The molecule has 1 heterocycles. The van der Waals surface area contributed by atoms with Gasteiger partial charge in [-0.05, 0) is 12.1 Å². The monoisotopic (exact) mass is 182 g/mol. The third-order valence-electron chi connectivity index (χ3n) is 1.55. The lowest BCUT2D eigenvalue weighted by molar-refractivity contribution is 0.172. The molecule has 2 N–H and O–H groups in total. The van der Waals surface area contributed by atoms with Gasteiger partial charge in [0.05, 0.1) is 6.61 Å². The van der Waals surface area contributed by atoms with Crippen LogP contribution in [0.15, 0.2) is 18.3 Å². The second kappa shape index (κ2) is 5.37. The Kier molecular flexibility index (Phi) is 4.05. The Morgan fingerprint density at radius 2 is 2.31 bits per heavy atom. The van der Waals surface area contributed by atoms with Crippen molar-refractivity contribution < 1.29 is 9.47 Å². The SMILES string of the molecule is COCCCOc1cccnc1N. The number of rotatable bonds is 5. The average molecular weight is 182 g/mol. The van der Waals surface area contributed by atoms with Crippen molar-refractivity contribution in [1.29, 1.82) is 0 Å². The van der Waals surface area contributed by atoms with E-state index in [1.807, 2.05) is 0 Å². The van der Waals surface area contributed by atoms with Crippen molar-refractivity contribution in [3.63, 3.8) is 0 Å². The Morgan fingerprint density at radius 1 is 1.46 bits per heavy atom. The highest BCUT2D eigenvalue weighted by Crippen LogP contribution is 2.16. The summed E-state index contributed by atoms with van der Waals surface area (Å²) < 4.78 is 10.3. The number of pyridine rings is 1. The summed E-state index contributed by atoms with van der Waals surface area (Å²) in [5.41, 5.74) is 5.57. The van der Waals surface area contributed by atoms with Crippen molar-refractivity contribution in [2.24, 2.45) is 0 Å². The number of hydrogen-bond acceptors (Lipinski definition) is 4. The fraction of sp³-hybridized carbons (Fsp3) is 0.444. The van der Waals surface area contributed by atoms with E-state index in [9.17, 15) is 0 Å². The number of methoxy groups -OCH3 is 1. The van der Waals surface area contributed by atoms with Crippen LogP contribution < -0.4 is 10.5 Å². The van der Waals surface area contributed by atoms with Crippen LogP contribution in [0.2, 0.25) is 0 Å². The Balaban J connectivity index is 2.32. The summed E-state index contributed by atoms with van der Waals surface area (Å²) in [6, 6.07) is 3.59. The minimum absolute atomic E-state index is 0.430. The molecule has 0 fully saturated rings. The van der Waals surface area contributed by atoms with E-state index < -0.39 is 0 Å². The summed E-state index contributed by atoms with van der Waals surface area (Å²) in [5, 5.41) is 0. The highest BCUT2D eigenvalue weighted by molar-refractivity contribution is 5.44. The van der Waals surface area contributed by atoms with Gasteiger partial charge in [0.15, 0.2) is 11.6 Å². The molecule has 0 saturated heterocycles. The van der Waals surface area contributed by atoms with Gasteiger partial charge in [0.25, 0.3) is 0 Å². The maximum atomic E-state index is 5.57. The molecule has 0 bridgehead atoms. The molecule has 1 aromatic rings. The molecule has 0 saturated carbocycles. The molecule has 1 aromatic heterocycles. The summed E-state index contributed by atoms with van der Waals surface area (Å²) in [5.74, 6) is 1.07. The van der Waals surface area contributed by atoms with Crippen LogP contribution in [0.1, 0.15) is 6.42 Å². The number of anilines is 1. The first-order valence-electron chi connectivity index (χ1n) is 4.17. The van der Waals surface area contributed by atoms with E-state index in [1.165, 1.54) is 0 Å². The summed E-state index contributed by atoms with van der Waals surface area (Å²) in [6.07, 6.45) is 2.49. The van der Waals surface area contributed by atoms with Crippen LogP contribution in [-0.4, -0.2) is 25.3 Å². The van der Waals surface area contributed by atoms with E-state index in [1.54, 1.807) is 25.4 Å². The molecule has 0 atom stereocenters.